The van der Waals surface area contributed by atoms with Crippen LogP contribution in [0.1, 0.15) is 99.7 Å². The molecule has 66 heavy (non-hydrogen) atoms. The summed E-state index contributed by atoms with van der Waals surface area (Å²) in [5, 5.41) is 14.4. The van der Waals surface area contributed by atoms with Crippen LogP contribution in [0, 0.1) is 0 Å². The second-order valence-electron chi connectivity index (χ2n) is 18.5. The minimum Gasteiger partial charge on any atom is -0.748 e. The van der Waals surface area contributed by atoms with Crippen molar-refractivity contribution >= 4 is 70.4 Å². The third-order valence-electron chi connectivity index (χ3n) is 13.4. The summed E-state index contributed by atoms with van der Waals surface area (Å²) in [6, 6.07) is 32.3. The van der Waals surface area contributed by atoms with Crippen molar-refractivity contribution in [2.24, 2.45) is 0 Å². The molecule has 0 atom stereocenters. The number of fused-ring (bicyclic) bond motifs is 6. The number of aromatic carboxylic acids is 1. The van der Waals surface area contributed by atoms with Crippen LogP contribution in [0.5, 0.6) is 0 Å². The van der Waals surface area contributed by atoms with Crippen LogP contribution in [0.15, 0.2) is 138 Å². The fourth-order valence-corrected chi connectivity index (χ4v) is 11.6. The molecule has 0 bridgehead atoms. The van der Waals surface area contributed by atoms with Crippen molar-refractivity contribution in [2.75, 3.05) is 29.5 Å². The Kier molecular flexibility index (Phi) is 14.6. The predicted octanol–water partition coefficient (Wildman–Crippen LogP) is 7.87. The van der Waals surface area contributed by atoms with Crippen LogP contribution in [0.4, 0.5) is 11.4 Å². The number of nitrogens with zero attached hydrogens (tertiary/aromatic N) is 2. The van der Waals surface area contributed by atoms with E-state index in [9.17, 15) is 35.8 Å². The zero-order valence-electron chi connectivity index (χ0n) is 38.4. The Balaban J connectivity index is 0.00000648. The monoisotopic (exact) mass is 935 g/mol. The van der Waals surface area contributed by atoms with Crippen molar-refractivity contribution in [3.05, 3.63) is 160 Å². The van der Waals surface area contributed by atoms with Gasteiger partial charge in [-0.2, -0.15) is 13.0 Å². The van der Waals surface area contributed by atoms with E-state index in [0.29, 0.717) is 32.4 Å². The molecule has 2 heterocycles. The first-order chi connectivity index (χ1) is 30.8. The van der Waals surface area contributed by atoms with Gasteiger partial charge in [-0.15, -0.1) is 0 Å². The number of allylic oxidation sites excluding steroid dienone is 8. The molecular formula is C53H56N2NaO8S2+. The summed E-state index contributed by atoms with van der Waals surface area (Å²) >= 11 is 0. The summed E-state index contributed by atoms with van der Waals surface area (Å²) < 4.78 is 69.7. The summed E-state index contributed by atoms with van der Waals surface area (Å²) in [6.45, 7) is 9.98. The molecule has 0 aromatic heterocycles. The summed E-state index contributed by atoms with van der Waals surface area (Å²) in [5.74, 6) is -1.71. The first kappa shape index (κ1) is 49.3. The van der Waals surface area contributed by atoms with E-state index in [1.165, 1.54) is 11.1 Å². The number of unbranched alkanes of at least 4 members (excludes halogenated alkanes) is 2. The minimum atomic E-state index is -4.34. The quantitative estimate of drug-likeness (QED) is 0.0462. The fourth-order valence-electron chi connectivity index (χ4n) is 10.4. The first-order valence-electron chi connectivity index (χ1n) is 22.4. The minimum absolute atomic E-state index is 0. The molecule has 338 valence electrons. The van der Waals surface area contributed by atoms with Gasteiger partial charge in [-0.25, -0.2) is 13.2 Å². The van der Waals surface area contributed by atoms with Gasteiger partial charge in [0.05, 0.1) is 26.8 Å². The van der Waals surface area contributed by atoms with E-state index in [4.69, 9.17) is 0 Å². The van der Waals surface area contributed by atoms with Gasteiger partial charge < -0.3 is 14.6 Å². The van der Waals surface area contributed by atoms with Gasteiger partial charge in [0.2, 0.25) is 5.69 Å². The summed E-state index contributed by atoms with van der Waals surface area (Å²) in [7, 11) is -8.43. The van der Waals surface area contributed by atoms with Crippen molar-refractivity contribution in [3.8, 4) is 0 Å². The molecule has 2 aliphatic heterocycles. The SMILES string of the molecule is CC1(C)C(=CC=C2CCCC(C=CC3=[N+](CCCCS(=O)(=O)O)c4ccc5ccccc5c4C3(C)C)=C2c2ccc(C(=O)O)cc2)N(CCCCS(=O)(=O)[O-])c2ccc3ccccc3c21.[Na+]. The summed E-state index contributed by atoms with van der Waals surface area (Å²) in [6.07, 6.45) is 12.9. The Bertz CT molecular complexity index is 3110. The molecule has 0 fully saturated rings. The molecular weight excluding hydrogens is 880 g/mol. The van der Waals surface area contributed by atoms with Crippen LogP contribution in [0.2, 0.25) is 0 Å². The summed E-state index contributed by atoms with van der Waals surface area (Å²) in [5.41, 5.74) is 10.1. The van der Waals surface area contributed by atoms with Crippen molar-refractivity contribution in [3.63, 3.8) is 0 Å². The normalized spacial score (nSPS) is 18.2. The molecule has 0 amide bonds. The molecule has 0 saturated heterocycles. The van der Waals surface area contributed by atoms with E-state index < -0.39 is 42.8 Å². The molecule has 0 spiro atoms. The molecule has 3 aliphatic rings. The number of hydrogen-bond donors (Lipinski definition) is 2. The molecule has 0 saturated carbocycles. The van der Waals surface area contributed by atoms with Crippen LogP contribution in [0.3, 0.4) is 0 Å². The van der Waals surface area contributed by atoms with Crippen molar-refractivity contribution in [1.82, 2.24) is 0 Å². The first-order valence-corrected chi connectivity index (χ1v) is 25.6. The summed E-state index contributed by atoms with van der Waals surface area (Å²) in [4.78, 5) is 14.3. The third-order valence-corrected chi connectivity index (χ3v) is 15.0. The fraction of sp³-hybridized carbons (Fsp3) is 0.321. The van der Waals surface area contributed by atoms with Gasteiger partial charge in [-0.05, 0) is 132 Å². The van der Waals surface area contributed by atoms with Crippen LogP contribution in [-0.2, 0) is 31.1 Å². The zero-order valence-corrected chi connectivity index (χ0v) is 42.0. The van der Waals surface area contributed by atoms with Crippen molar-refractivity contribution < 1.29 is 70.0 Å². The number of carboxylic acid groups (broad SMARTS) is 1. The van der Waals surface area contributed by atoms with Gasteiger partial charge in [-0.1, -0.05) is 92.7 Å². The number of hydrogen-bond acceptors (Lipinski definition) is 7. The van der Waals surface area contributed by atoms with E-state index in [1.54, 1.807) is 12.1 Å². The molecule has 0 radical (unpaired) electrons. The molecule has 10 nitrogen and oxygen atoms in total. The molecule has 1 aliphatic carbocycles. The predicted molar refractivity (Wildman–Crippen MR) is 260 cm³/mol. The molecule has 13 heteroatoms. The van der Waals surface area contributed by atoms with E-state index in [-0.39, 0.29) is 47.3 Å². The van der Waals surface area contributed by atoms with Gasteiger partial charge in [-0.3, -0.25) is 4.55 Å². The molecule has 0 unspecified atom stereocenters. The van der Waals surface area contributed by atoms with Gasteiger partial charge in [0, 0.05) is 53.2 Å². The number of carboxylic acids is 1. The Morgan fingerprint density at radius 2 is 1.38 bits per heavy atom. The maximum Gasteiger partial charge on any atom is 1.00 e. The van der Waals surface area contributed by atoms with Crippen LogP contribution >= 0.6 is 0 Å². The van der Waals surface area contributed by atoms with E-state index >= 15 is 0 Å². The smallest absolute Gasteiger partial charge is 0.748 e. The Morgan fingerprint density at radius 3 is 2.03 bits per heavy atom. The van der Waals surface area contributed by atoms with Gasteiger partial charge in [0.1, 0.15) is 6.54 Å². The van der Waals surface area contributed by atoms with Crippen LogP contribution in [-0.4, -0.2) is 71.9 Å². The van der Waals surface area contributed by atoms with Crippen molar-refractivity contribution in [1.29, 1.82) is 0 Å². The number of carbonyl (C=O) groups is 1. The van der Waals surface area contributed by atoms with E-state index in [0.717, 1.165) is 85.9 Å². The second-order valence-corrected chi connectivity index (χ2v) is 21.6. The number of anilines is 1. The zero-order chi connectivity index (χ0) is 46.3. The molecule has 5 aromatic rings. The second kappa shape index (κ2) is 19.5. The maximum atomic E-state index is 12.0. The topological polar surface area (TPSA) is 155 Å². The standard InChI is InChI=1S/C53H56N2O8S2.Na/c1-52(2)46(54(32-9-11-34-64(58,59)60)44-28-24-36-14-5-7-18-42(36)49(44)52)30-26-38-16-13-17-39(48(38)40-20-22-41(23-21-40)51(56)57)27-31-47-53(3,4)50-43-19-8-6-15-37(43)25-29-45(50)55(47)33-10-12-35-65(61,62)63;/h5-8,14-15,18-31H,9-13,16-17,32-35H2,1-4H3,(H2-,56,57,58,59,60,61,62,63);/q;+1. The Labute approximate surface area is 410 Å². The van der Waals surface area contributed by atoms with Gasteiger partial charge >= 0.3 is 35.5 Å². The van der Waals surface area contributed by atoms with E-state index in [1.807, 2.05) is 30.3 Å². The van der Waals surface area contributed by atoms with Crippen LogP contribution < -0.4 is 34.5 Å². The third kappa shape index (κ3) is 10.1. The van der Waals surface area contributed by atoms with Crippen LogP contribution in [0.25, 0.3) is 27.1 Å². The number of rotatable bonds is 15. The molecule has 5 aromatic carbocycles. The van der Waals surface area contributed by atoms with Gasteiger partial charge in [0.25, 0.3) is 10.1 Å². The average molecular weight is 936 g/mol. The molecule has 8 rings (SSSR count). The Hall–Kier alpha value is -4.66. The molecule has 2 N–H and O–H groups in total. The average Bonchev–Trinajstić information content (AvgIpc) is 3.62. The maximum absolute atomic E-state index is 12.0. The van der Waals surface area contributed by atoms with E-state index in [2.05, 4.69) is 116 Å². The van der Waals surface area contributed by atoms with Crippen molar-refractivity contribution in [2.45, 2.75) is 83.5 Å². The number of benzene rings is 5. The Morgan fingerprint density at radius 1 is 0.742 bits per heavy atom. The van der Waals surface area contributed by atoms with Gasteiger partial charge in [0.15, 0.2) is 5.71 Å². The largest absolute Gasteiger partial charge is 1.00 e.